The minimum Gasteiger partial charge on any atom is -0.469 e. The zero-order valence-corrected chi connectivity index (χ0v) is 16.4. The van der Waals surface area contributed by atoms with E-state index in [4.69, 9.17) is 11.6 Å². The van der Waals surface area contributed by atoms with Crippen LogP contribution in [-0.2, 0) is 23.9 Å². The number of carbonyl (C=O) groups is 3. The minimum atomic E-state index is -1.55. The average molecular weight is 404 g/mol. The molecule has 1 aliphatic heterocycles. The van der Waals surface area contributed by atoms with E-state index in [1.165, 1.54) is 21.1 Å². The summed E-state index contributed by atoms with van der Waals surface area (Å²) in [6.07, 6.45) is 0.368. The summed E-state index contributed by atoms with van der Waals surface area (Å²) >= 11 is 0. The Labute approximate surface area is 173 Å². The summed E-state index contributed by atoms with van der Waals surface area (Å²) in [4.78, 5) is 40.0. The van der Waals surface area contributed by atoms with E-state index in [-0.39, 0.29) is 43.3 Å². The third kappa shape index (κ3) is 5.20. The molecule has 27 heavy (non-hydrogen) atoms. The monoisotopic (exact) mass is 403 g/mol. The van der Waals surface area contributed by atoms with E-state index in [2.05, 4.69) is 4.74 Å². The molecule has 1 aliphatic rings. The number of carbonyl (C=O) groups excluding carboxylic acids is 3. The first-order chi connectivity index (χ1) is 14.5. The van der Waals surface area contributed by atoms with Crippen LogP contribution in [-0.4, -0.2) is 62.1 Å². The molecule has 1 aromatic rings. The smallest absolute Gasteiger partial charge is 0.332 e. The maximum atomic E-state index is 12.9. The van der Waals surface area contributed by atoms with Gasteiger partial charge in [0.05, 0.1) is 27.5 Å². The van der Waals surface area contributed by atoms with Gasteiger partial charge in [-0.3, -0.25) is 14.5 Å². The van der Waals surface area contributed by atoms with E-state index in [9.17, 15) is 14.4 Å². The van der Waals surface area contributed by atoms with Crippen LogP contribution in [0.1, 0.15) is 33.0 Å². The first kappa shape index (κ1) is 15.9. The highest BCUT2D eigenvalue weighted by Crippen LogP contribution is 2.34. The van der Waals surface area contributed by atoms with Crippen molar-refractivity contribution in [2.75, 3.05) is 38.8 Å². The van der Waals surface area contributed by atoms with Gasteiger partial charge in [0.1, 0.15) is 5.54 Å². The largest absolute Gasteiger partial charge is 0.469 e. The number of hydrogen-bond acceptors (Lipinski definition) is 6. The van der Waals surface area contributed by atoms with E-state index in [1.54, 1.807) is 0 Å². The SMILES string of the molecule is Cl.[2H]c1c([2H])c([2H])c(N(C(C)=O)C2(C(=O)OC)CCN(CCC(=O)OC)CC2)c([2H])c1[2H]. The molecule has 0 unspecified atom stereocenters. The molecule has 0 atom stereocenters. The summed E-state index contributed by atoms with van der Waals surface area (Å²) in [5.74, 6) is -1.75. The van der Waals surface area contributed by atoms with Gasteiger partial charge in [0.25, 0.3) is 0 Å². The Morgan fingerprint density at radius 1 is 1.15 bits per heavy atom. The van der Waals surface area contributed by atoms with Crippen LogP contribution in [0.2, 0.25) is 0 Å². The van der Waals surface area contributed by atoms with Crippen LogP contribution in [0, 0.1) is 0 Å². The Morgan fingerprint density at radius 3 is 2.22 bits per heavy atom. The van der Waals surface area contributed by atoms with Gasteiger partial charge in [-0.05, 0) is 24.9 Å². The molecular formula is C19H27ClN2O5. The fraction of sp³-hybridized carbons (Fsp3) is 0.526. The van der Waals surface area contributed by atoms with E-state index >= 15 is 0 Å². The number of rotatable bonds is 6. The molecule has 0 bridgehead atoms. The van der Waals surface area contributed by atoms with Gasteiger partial charge in [0.15, 0.2) is 0 Å². The third-order valence-corrected chi connectivity index (χ3v) is 4.56. The van der Waals surface area contributed by atoms with Crippen molar-refractivity contribution in [3.8, 4) is 0 Å². The predicted octanol–water partition coefficient (Wildman–Crippen LogP) is 2.03. The van der Waals surface area contributed by atoms with Crippen molar-refractivity contribution in [3.05, 3.63) is 30.2 Å². The highest BCUT2D eigenvalue weighted by molar-refractivity contribution is 6.01. The Morgan fingerprint density at radius 2 is 1.74 bits per heavy atom. The van der Waals surface area contributed by atoms with E-state index < -0.39 is 47.6 Å². The summed E-state index contributed by atoms with van der Waals surface area (Å²) in [5.41, 5.74) is -1.90. The van der Waals surface area contributed by atoms with E-state index in [0.717, 1.165) is 4.90 Å². The fourth-order valence-corrected chi connectivity index (χ4v) is 3.24. The number of hydrogen-bond donors (Lipinski definition) is 0. The van der Waals surface area contributed by atoms with Gasteiger partial charge in [-0.2, -0.15) is 0 Å². The van der Waals surface area contributed by atoms with Gasteiger partial charge >= 0.3 is 11.9 Å². The van der Waals surface area contributed by atoms with Gasteiger partial charge in [-0.15, -0.1) is 12.4 Å². The molecule has 1 saturated heterocycles. The number of amides is 1. The van der Waals surface area contributed by atoms with Crippen molar-refractivity contribution in [2.45, 2.75) is 31.7 Å². The quantitative estimate of drug-likeness (QED) is 0.676. The van der Waals surface area contributed by atoms with Gasteiger partial charge in [0.2, 0.25) is 5.91 Å². The molecule has 7 nitrogen and oxygen atoms in total. The minimum absolute atomic E-state index is 0. The van der Waals surface area contributed by atoms with Crippen LogP contribution in [0.5, 0.6) is 0 Å². The standard InChI is InChI=1S/C19H26N2O5.ClH/c1-15(22)21(16-7-5-4-6-8-16)19(18(24)26-3)10-13-20(14-11-19)12-9-17(23)25-2;/h4-8H,9-14H2,1-3H3;1H/i4D,5D,6D,7D,8D;. The third-order valence-electron chi connectivity index (χ3n) is 4.56. The summed E-state index contributed by atoms with van der Waals surface area (Å²) in [7, 11) is 2.47. The molecule has 150 valence electrons. The van der Waals surface area contributed by atoms with Crippen LogP contribution >= 0.6 is 12.4 Å². The van der Waals surface area contributed by atoms with Gasteiger partial charge < -0.3 is 14.4 Å². The zero-order valence-electron chi connectivity index (χ0n) is 20.6. The second kappa shape index (κ2) is 10.3. The maximum absolute atomic E-state index is 12.9. The molecule has 0 aliphatic carbocycles. The van der Waals surface area contributed by atoms with Crippen LogP contribution in [0.4, 0.5) is 5.69 Å². The second-order valence-electron chi connectivity index (χ2n) is 6.02. The average Bonchev–Trinajstić information content (AvgIpc) is 2.77. The van der Waals surface area contributed by atoms with Crippen LogP contribution in [0.25, 0.3) is 0 Å². The molecule has 2 rings (SSSR count). The van der Waals surface area contributed by atoms with E-state index in [1.807, 2.05) is 4.90 Å². The fourth-order valence-electron chi connectivity index (χ4n) is 3.24. The van der Waals surface area contributed by atoms with Crippen molar-refractivity contribution < 1.29 is 30.7 Å². The second-order valence-corrected chi connectivity index (χ2v) is 6.02. The maximum Gasteiger partial charge on any atom is 0.332 e. The first-order valence-electron chi connectivity index (χ1n) is 10.8. The highest BCUT2D eigenvalue weighted by atomic mass is 35.5. The van der Waals surface area contributed by atoms with E-state index in [0.29, 0.717) is 19.6 Å². The highest BCUT2D eigenvalue weighted by Gasteiger charge is 2.49. The number of likely N-dealkylation sites (tertiary alicyclic amines) is 1. The zero-order chi connectivity index (χ0) is 23.5. The summed E-state index contributed by atoms with van der Waals surface area (Å²) < 4.78 is 49.8. The summed E-state index contributed by atoms with van der Waals surface area (Å²) in [6.45, 7) is 2.23. The molecule has 0 saturated carbocycles. The number of esters is 2. The lowest BCUT2D eigenvalue weighted by molar-refractivity contribution is -0.151. The molecule has 1 amide bonds. The molecule has 1 aromatic carbocycles. The Balaban J connectivity index is 0.00000512. The predicted molar refractivity (Wildman–Crippen MR) is 104 cm³/mol. The number of benzene rings is 1. The molecule has 8 heteroatoms. The Bertz CT molecular complexity index is 864. The lowest BCUT2D eigenvalue weighted by atomic mass is 9.84. The number of ether oxygens (including phenoxy) is 2. The number of piperidine rings is 1. The van der Waals surface area contributed by atoms with Crippen LogP contribution in [0.15, 0.2) is 30.2 Å². The van der Waals surface area contributed by atoms with Gasteiger partial charge in [-0.1, -0.05) is 18.1 Å². The molecule has 0 radical (unpaired) electrons. The normalized spacial score (nSPS) is 18.6. The number of nitrogens with zero attached hydrogens (tertiary/aromatic N) is 2. The topological polar surface area (TPSA) is 76.2 Å². The van der Waals surface area contributed by atoms with Crippen molar-refractivity contribution >= 4 is 35.9 Å². The van der Waals surface area contributed by atoms with Crippen molar-refractivity contribution in [2.24, 2.45) is 0 Å². The number of anilines is 1. The van der Waals surface area contributed by atoms with Crippen molar-refractivity contribution in [1.82, 2.24) is 4.90 Å². The molecule has 1 heterocycles. The Hall–Kier alpha value is -2.12. The summed E-state index contributed by atoms with van der Waals surface area (Å²) in [5, 5.41) is 0. The van der Waals surface area contributed by atoms with Crippen LogP contribution in [0.3, 0.4) is 0 Å². The van der Waals surface area contributed by atoms with Gasteiger partial charge in [-0.25, -0.2) is 4.79 Å². The van der Waals surface area contributed by atoms with Crippen molar-refractivity contribution in [3.63, 3.8) is 0 Å². The van der Waals surface area contributed by atoms with Gasteiger partial charge in [0, 0.05) is 32.2 Å². The molecular weight excluding hydrogens is 372 g/mol. The Kier molecular flexibility index (Phi) is 6.05. The number of para-hydroxylation sites is 1. The van der Waals surface area contributed by atoms with Crippen molar-refractivity contribution in [1.29, 1.82) is 0 Å². The number of methoxy groups -OCH3 is 2. The first-order valence-corrected chi connectivity index (χ1v) is 8.27. The lowest BCUT2D eigenvalue weighted by Crippen LogP contribution is -2.62. The lowest BCUT2D eigenvalue weighted by Gasteiger charge is -2.46. The number of halogens is 1. The molecule has 0 aromatic heterocycles. The molecule has 0 spiro atoms. The van der Waals surface area contributed by atoms with Crippen LogP contribution < -0.4 is 4.90 Å². The summed E-state index contributed by atoms with van der Waals surface area (Å²) in [6, 6.07) is -2.93. The molecule has 0 N–H and O–H groups in total. The molecule has 1 fully saturated rings.